The second-order valence-electron chi connectivity index (χ2n) is 6.54. The number of hydrogen-bond donors (Lipinski definition) is 1. The molecule has 1 N–H and O–H groups in total. The summed E-state index contributed by atoms with van der Waals surface area (Å²) < 4.78 is 0. The molecule has 7 heteroatoms. The van der Waals surface area contributed by atoms with E-state index in [0.717, 1.165) is 18.4 Å². The zero-order valence-corrected chi connectivity index (χ0v) is 13.8. The average Bonchev–Trinajstić information content (AvgIpc) is 3.13. The number of nitrogens with zero attached hydrogens (tertiary/aromatic N) is 3. The highest BCUT2D eigenvalue weighted by atomic mass is 16.2. The van der Waals surface area contributed by atoms with Gasteiger partial charge < -0.3 is 10.2 Å². The lowest BCUT2D eigenvalue weighted by molar-refractivity contribution is -0.133. The molecular formula is C17H22N4O3. The largest absolute Gasteiger partial charge is 0.341 e. The van der Waals surface area contributed by atoms with Crippen LogP contribution >= 0.6 is 0 Å². The van der Waals surface area contributed by atoms with Crippen molar-refractivity contribution in [1.29, 1.82) is 0 Å². The fourth-order valence-electron chi connectivity index (χ4n) is 3.45. The van der Waals surface area contributed by atoms with Crippen molar-refractivity contribution in [2.75, 3.05) is 13.6 Å². The Morgan fingerprint density at radius 3 is 2.79 bits per heavy atom. The maximum Gasteiger partial charge on any atom is 0.325 e. The maximum absolute atomic E-state index is 12.5. The molecule has 0 radical (unpaired) electrons. The third kappa shape index (κ3) is 3.11. The molecule has 7 nitrogen and oxygen atoms in total. The molecule has 1 saturated heterocycles. The Balaban J connectivity index is 1.54. The van der Waals surface area contributed by atoms with Gasteiger partial charge in [0.1, 0.15) is 5.54 Å². The van der Waals surface area contributed by atoms with Crippen LogP contribution in [0.1, 0.15) is 37.7 Å². The molecule has 2 aliphatic rings. The number of carbonyl (C=O) groups is 3. The molecule has 0 unspecified atom stereocenters. The summed E-state index contributed by atoms with van der Waals surface area (Å²) in [5.41, 5.74) is 0.232. The lowest BCUT2D eigenvalue weighted by Crippen LogP contribution is -2.44. The summed E-state index contributed by atoms with van der Waals surface area (Å²) in [5, 5.41) is 2.83. The minimum atomic E-state index is -0.707. The lowest BCUT2D eigenvalue weighted by atomic mass is 9.98. The second-order valence-corrected chi connectivity index (χ2v) is 6.54. The zero-order valence-electron chi connectivity index (χ0n) is 13.8. The van der Waals surface area contributed by atoms with Crippen molar-refractivity contribution in [2.24, 2.45) is 0 Å². The quantitative estimate of drug-likeness (QED) is 0.825. The van der Waals surface area contributed by atoms with Crippen LogP contribution in [0.15, 0.2) is 24.5 Å². The van der Waals surface area contributed by atoms with Gasteiger partial charge in [-0.05, 0) is 24.5 Å². The van der Waals surface area contributed by atoms with Crippen LogP contribution in [0, 0.1) is 0 Å². The molecule has 1 aromatic rings. The van der Waals surface area contributed by atoms with Crippen LogP contribution in [0.4, 0.5) is 4.79 Å². The highest BCUT2D eigenvalue weighted by Gasteiger charge is 2.52. The van der Waals surface area contributed by atoms with Crippen molar-refractivity contribution in [3.05, 3.63) is 30.1 Å². The van der Waals surface area contributed by atoms with Gasteiger partial charge in [-0.2, -0.15) is 0 Å². The molecule has 1 aliphatic heterocycles. The second kappa shape index (κ2) is 6.59. The number of rotatable bonds is 5. The van der Waals surface area contributed by atoms with Crippen LogP contribution in [0.2, 0.25) is 0 Å². The monoisotopic (exact) mass is 330 g/mol. The molecular weight excluding hydrogens is 308 g/mol. The molecule has 128 valence electrons. The van der Waals surface area contributed by atoms with Crippen LogP contribution < -0.4 is 5.32 Å². The first-order valence-electron chi connectivity index (χ1n) is 8.29. The molecule has 2 heterocycles. The van der Waals surface area contributed by atoms with E-state index in [0.29, 0.717) is 19.4 Å². The van der Waals surface area contributed by atoms with Gasteiger partial charge >= 0.3 is 6.03 Å². The average molecular weight is 330 g/mol. The van der Waals surface area contributed by atoms with E-state index in [1.807, 2.05) is 12.1 Å². The zero-order chi connectivity index (χ0) is 17.2. The molecule has 24 heavy (non-hydrogen) atoms. The first kappa shape index (κ1) is 16.4. The first-order chi connectivity index (χ1) is 11.5. The summed E-state index contributed by atoms with van der Waals surface area (Å²) in [6, 6.07) is 3.35. The summed E-state index contributed by atoms with van der Waals surface area (Å²) >= 11 is 0. The Hall–Kier alpha value is -2.44. The Kier molecular flexibility index (Phi) is 4.51. The molecule has 1 aromatic heterocycles. The normalized spacial score (nSPS) is 19.0. The number of pyridine rings is 1. The van der Waals surface area contributed by atoms with Crippen molar-refractivity contribution in [3.8, 4) is 0 Å². The smallest absolute Gasteiger partial charge is 0.325 e. The van der Waals surface area contributed by atoms with Gasteiger partial charge in [0.2, 0.25) is 5.91 Å². The summed E-state index contributed by atoms with van der Waals surface area (Å²) in [6.45, 7) is 0.583. The minimum absolute atomic E-state index is 0.105. The van der Waals surface area contributed by atoms with Crippen molar-refractivity contribution in [1.82, 2.24) is 20.1 Å². The molecule has 4 amide bonds. The number of imide groups is 1. The van der Waals surface area contributed by atoms with Crippen molar-refractivity contribution in [2.45, 2.75) is 44.2 Å². The van der Waals surface area contributed by atoms with E-state index in [-0.39, 0.29) is 30.8 Å². The summed E-state index contributed by atoms with van der Waals surface area (Å²) in [4.78, 5) is 43.7. The van der Waals surface area contributed by atoms with Gasteiger partial charge in [0.25, 0.3) is 5.91 Å². The van der Waals surface area contributed by atoms with Gasteiger partial charge in [0.05, 0.1) is 0 Å². The topological polar surface area (TPSA) is 82.6 Å². The van der Waals surface area contributed by atoms with Crippen molar-refractivity contribution < 1.29 is 14.4 Å². The third-order valence-electron chi connectivity index (χ3n) is 4.82. The molecule has 0 bridgehead atoms. The summed E-state index contributed by atoms with van der Waals surface area (Å²) in [6.07, 6.45) is 6.82. The molecule has 1 spiro atoms. The Labute approximate surface area is 141 Å². The Morgan fingerprint density at radius 2 is 2.12 bits per heavy atom. The molecule has 0 aromatic carbocycles. The van der Waals surface area contributed by atoms with Gasteiger partial charge in [-0.1, -0.05) is 18.9 Å². The number of carbonyl (C=O) groups excluding carboxylic acids is 3. The van der Waals surface area contributed by atoms with E-state index in [1.54, 1.807) is 24.3 Å². The number of urea groups is 1. The van der Waals surface area contributed by atoms with Crippen LogP contribution in [-0.2, 0) is 16.1 Å². The maximum atomic E-state index is 12.5. The Morgan fingerprint density at radius 1 is 1.38 bits per heavy atom. The van der Waals surface area contributed by atoms with Crippen LogP contribution in [0.5, 0.6) is 0 Å². The first-order valence-corrected chi connectivity index (χ1v) is 8.29. The summed E-state index contributed by atoms with van der Waals surface area (Å²) in [5.74, 6) is -0.278. The van der Waals surface area contributed by atoms with Crippen molar-refractivity contribution >= 4 is 17.8 Å². The van der Waals surface area contributed by atoms with E-state index >= 15 is 0 Å². The molecule has 1 saturated carbocycles. The number of hydrogen-bond acceptors (Lipinski definition) is 4. The lowest BCUT2D eigenvalue weighted by Gasteiger charge is -2.21. The standard InChI is InChI=1S/C17H22N4O3/c1-20(12-13-5-4-9-18-11-13)14(22)6-10-21-15(23)17(19-16(21)24)7-2-3-8-17/h4-5,9,11H,2-3,6-8,10,12H2,1H3,(H,19,24). The van der Waals surface area contributed by atoms with Gasteiger partial charge in [0, 0.05) is 39.0 Å². The van der Waals surface area contributed by atoms with E-state index in [2.05, 4.69) is 10.3 Å². The highest BCUT2D eigenvalue weighted by Crippen LogP contribution is 2.35. The van der Waals surface area contributed by atoms with Crippen LogP contribution in [-0.4, -0.2) is 51.8 Å². The predicted molar refractivity (Wildman–Crippen MR) is 86.8 cm³/mol. The Bertz CT molecular complexity index is 640. The van der Waals surface area contributed by atoms with Crippen molar-refractivity contribution in [3.63, 3.8) is 0 Å². The third-order valence-corrected chi connectivity index (χ3v) is 4.82. The van der Waals surface area contributed by atoms with Crippen LogP contribution in [0.3, 0.4) is 0 Å². The predicted octanol–water partition coefficient (Wildman–Crippen LogP) is 1.29. The van der Waals surface area contributed by atoms with Crippen LogP contribution in [0.25, 0.3) is 0 Å². The fourth-order valence-corrected chi connectivity index (χ4v) is 3.45. The minimum Gasteiger partial charge on any atom is -0.341 e. The van der Waals surface area contributed by atoms with E-state index in [9.17, 15) is 14.4 Å². The highest BCUT2D eigenvalue weighted by molar-refractivity contribution is 6.07. The summed E-state index contributed by atoms with van der Waals surface area (Å²) in [7, 11) is 1.71. The molecule has 3 rings (SSSR count). The van der Waals surface area contributed by atoms with Gasteiger partial charge in [-0.25, -0.2) is 4.79 Å². The SMILES string of the molecule is CN(Cc1cccnc1)C(=O)CCN1C(=O)NC2(CCCC2)C1=O. The van der Waals surface area contributed by atoms with E-state index in [1.165, 1.54) is 4.90 Å². The number of aromatic nitrogens is 1. The molecule has 1 aliphatic carbocycles. The fraction of sp³-hybridized carbons (Fsp3) is 0.529. The van der Waals surface area contributed by atoms with Gasteiger partial charge in [0.15, 0.2) is 0 Å². The van der Waals surface area contributed by atoms with E-state index < -0.39 is 5.54 Å². The number of nitrogens with one attached hydrogen (secondary N) is 1. The number of amides is 4. The van der Waals surface area contributed by atoms with Gasteiger partial charge in [-0.15, -0.1) is 0 Å². The molecule has 2 fully saturated rings. The molecule has 0 atom stereocenters. The van der Waals surface area contributed by atoms with Gasteiger partial charge in [-0.3, -0.25) is 19.5 Å². The van der Waals surface area contributed by atoms with E-state index in [4.69, 9.17) is 0 Å².